The van der Waals surface area contributed by atoms with Crippen molar-refractivity contribution in [3.63, 3.8) is 0 Å². The summed E-state index contributed by atoms with van der Waals surface area (Å²) >= 11 is 0. The number of hydrogen-bond donors (Lipinski definition) is 0. The molecule has 2 rings (SSSR count). The molecule has 90 valence electrons. The third-order valence-corrected chi connectivity index (χ3v) is 2.81. The molecule has 0 aliphatic carbocycles. The number of esters is 1. The van der Waals surface area contributed by atoms with Gasteiger partial charge in [-0.3, -0.25) is 4.90 Å². The van der Waals surface area contributed by atoms with Crippen molar-refractivity contribution in [3.8, 4) is 0 Å². The van der Waals surface area contributed by atoms with Crippen LogP contribution in [0.1, 0.15) is 18.1 Å². The molecule has 0 amide bonds. The van der Waals surface area contributed by atoms with Crippen LogP contribution >= 0.6 is 0 Å². The van der Waals surface area contributed by atoms with Gasteiger partial charge in [0, 0.05) is 25.7 Å². The van der Waals surface area contributed by atoms with E-state index >= 15 is 0 Å². The van der Waals surface area contributed by atoms with Gasteiger partial charge in [0.25, 0.3) is 0 Å². The van der Waals surface area contributed by atoms with E-state index in [2.05, 4.69) is 29.2 Å². The molecule has 0 saturated heterocycles. The van der Waals surface area contributed by atoms with Gasteiger partial charge < -0.3 is 4.74 Å². The maximum Gasteiger partial charge on any atom is 0.330 e. The summed E-state index contributed by atoms with van der Waals surface area (Å²) in [6.07, 6.45) is 3.37. The Kier molecular flexibility index (Phi) is 3.94. The smallest absolute Gasteiger partial charge is 0.330 e. The van der Waals surface area contributed by atoms with Gasteiger partial charge in [-0.2, -0.15) is 0 Å². The van der Waals surface area contributed by atoms with Crippen molar-refractivity contribution < 1.29 is 9.53 Å². The maximum atomic E-state index is 11.1. The van der Waals surface area contributed by atoms with Gasteiger partial charge in [0.05, 0.1) is 6.61 Å². The Balaban J connectivity index is 1.82. The first-order chi connectivity index (χ1) is 8.29. The largest absolute Gasteiger partial charge is 0.463 e. The van der Waals surface area contributed by atoms with E-state index in [1.807, 2.05) is 13.0 Å². The van der Waals surface area contributed by atoms with Crippen LogP contribution < -0.4 is 0 Å². The van der Waals surface area contributed by atoms with E-state index in [0.29, 0.717) is 6.61 Å². The average molecular weight is 231 g/mol. The molecule has 0 unspecified atom stereocenters. The van der Waals surface area contributed by atoms with Crippen molar-refractivity contribution in [2.75, 3.05) is 13.2 Å². The second kappa shape index (κ2) is 5.64. The zero-order chi connectivity index (χ0) is 12.1. The van der Waals surface area contributed by atoms with Gasteiger partial charge in [-0.25, -0.2) is 4.79 Å². The van der Waals surface area contributed by atoms with Crippen LogP contribution in [0.25, 0.3) is 0 Å². The molecule has 0 saturated carbocycles. The van der Waals surface area contributed by atoms with E-state index in [1.54, 1.807) is 0 Å². The van der Waals surface area contributed by atoms with E-state index < -0.39 is 0 Å². The lowest BCUT2D eigenvalue weighted by Crippen LogP contribution is -2.16. The normalized spacial score (nSPS) is 15.1. The summed E-state index contributed by atoms with van der Waals surface area (Å²) in [5.74, 6) is -0.260. The molecule has 1 aliphatic rings. The van der Waals surface area contributed by atoms with Gasteiger partial charge in [0.15, 0.2) is 0 Å². The highest BCUT2D eigenvalue weighted by molar-refractivity contribution is 5.81. The van der Waals surface area contributed by atoms with Crippen molar-refractivity contribution in [2.45, 2.75) is 20.0 Å². The molecule has 0 spiro atoms. The lowest BCUT2D eigenvalue weighted by atomic mass is 10.1. The second-order valence-corrected chi connectivity index (χ2v) is 4.09. The summed E-state index contributed by atoms with van der Waals surface area (Å²) < 4.78 is 4.82. The fraction of sp³-hybridized carbons (Fsp3) is 0.357. The van der Waals surface area contributed by atoms with Gasteiger partial charge >= 0.3 is 5.97 Å². The highest BCUT2D eigenvalue weighted by Gasteiger charge is 2.16. The number of benzene rings is 1. The monoisotopic (exact) mass is 231 g/mol. The number of fused-ring (bicyclic) bond motifs is 1. The van der Waals surface area contributed by atoms with E-state index in [-0.39, 0.29) is 5.97 Å². The predicted octanol–water partition coefficient (Wildman–Crippen LogP) is 2.12. The van der Waals surface area contributed by atoms with E-state index in [4.69, 9.17) is 4.74 Å². The number of carbonyl (C=O) groups is 1. The van der Waals surface area contributed by atoms with Gasteiger partial charge in [-0.15, -0.1) is 0 Å². The summed E-state index contributed by atoms with van der Waals surface area (Å²) in [6.45, 7) is 4.95. The predicted molar refractivity (Wildman–Crippen MR) is 66.3 cm³/mol. The summed E-state index contributed by atoms with van der Waals surface area (Å²) in [7, 11) is 0. The van der Waals surface area contributed by atoms with Gasteiger partial charge in [0.1, 0.15) is 0 Å². The molecule has 0 radical (unpaired) electrons. The van der Waals surface area contributed by atoms with E-state index in [1.165, 1.54) is 17.2 Å². The molecule has 1 heterocycles. The molecule has 17 heavy (non-hydrogen) atoms. The van der Waals surface area contributed by atoms with Gasteiger partial charge in [-0.1, -0.05) is 30.3 Å². The zero-order valence-corrected chi connectivity index (χ0v) is 10.1. The number of hydrogen-bond acceptors (Lipinski definition) is 3. The zero-order valence-electron chi connectivity index (χ0n) is 10.1. The molecule has 0 N–H and O–H groups in total. The standard InChI is InChI=1S/C14H17NO2/c1-2-17-14(16)8-5-9-15-10-12-6-3-4-7-13(12)11-15/h3-8H,2,9-11H2,1H3/b8-5+. The first-order valence-electron chi connectivity index (χ1n) is 5.92. The Morgan fingerprint density at radius 2 is 2.00 bits per heavy atom. The Labute approximate surface area is 102 Å². The summed E-state index contributed by atoms with van der Waals surface area (Å²) in [4.78, 5) is 13.4. The molecule has 0 fully saturated rings. The second-order valence-electron chi connectivity index (χ2n) is 4.09. The summed E-state index contributed by atoms with van der Waals surface area (Å²) in [5.41, 5.74) is 2.77. The van der Waals surface area contributed by atoms with Crippen LogP contribution in [0.5, 0.6) is 0 Å². The Bertz CT molecular complexity index is 401. The van der Waals surface area contributed by atoms with Crippen LogP contribution in [0, 0.1) is 0 Å². The highest BCUT2D eigenvalue weighted by Crippen LogP contribution is 2.21. The molecule has 0 atom stereocenters. The van der Waals surface area contributed by atoms with Crippen LogP contribution in [0.15, 0.2) is 36.4 Å². The van der Waals surface area contributed by atoms with Crippen LogP contribution in [-0.4, -0.2) is 24.0 Å². The van der Waals surface area contributed by atoms with Crippen molar-refractivity contribution in [1.82, 2.24) is 4.90 Å². The molecule has 1 aliphatic heterocycles. The Hall–Kier alpha value is -1.61. The topological polar surface area (TPSA) is 29.5 Å². The molecule has 0 bridgehead atoms. The lowest BCUT2D eigenvalue weighted by molar-refractivity contribution is -0.137. The summed E-state index contributed by atoms with van der Waals surface area (Å²) in [5, 5.41) is 0. The minimum absolute atomic E-state index is 0.260. The van der Waals surface area contributed by atoms with Crippen molar-refractivity contribution in [2.24, 2.45) is 0 Å². The minimum atomic E-state index is -0.260. The molecule has 1 aromatic carbocycles. The van der Waals surface area contributed by atoms with Crippen LogP contribution in [0.3, 0.4) is 0 Å². The SMILES string of the molecule is CCOC(=O)/C=C/CN1Cc2ccccc2C1. The van der Waals surface area contributed by atoms with Crippen molar-refractivity contribution >= 4 is 5.97 Å². The van der Waals surface area contributed by atoms with Crippen LogP contribution in [-0.2, 0) is 22.6 Å². The van der Waals surface area contributed by atoms with Gasteiger partial charge in [0.2, 0.25) is 0 Å². The lowest BCUT2D eigenvalue weighted by Gasteiger charge is -2.10. The third-order valence-electron chi connectivity index (χ3n) is 2.81. The van der Waals surface area contributed by atoms with E-state index in [0.717, 1.165) is 19.6 Å². The first kappa shape index (κ1) is 11.9. The maximum absolute atomic E-state index is 11.1. The van der Waals surface area contributed by atoms with Crippen molar-refractivity contribution in [1.29, 1.82) is 0 Å². The number of ether oxygens (including phenoxy) is 1. The number of rotatable bonds is 4. The molecule has 0 aromatic heterocycles. The molecule has 3 nitrogen and oxygen atoms in total. The molecule has 3 heteroatoms. The van der Waals surface area contributed by atoms with Crippen LogP contribution in [0.2, 0.25) is 0 Å². The molecular weight excluding hydrogens is 214 g/mol. The van der Waals surface area contributed by atoms with Gasteiger partial charge in [-0.05, 0) is 18.1 Å². The number of nitrogens with zero attached hydrogens (tertiary/aromatic N) is 1. The molecule has 1 aromatic rings. The van der Waals surface area contributed by atoms with E-state index in [9.17, 15) is 4.79 Å². The average Bonchev–Trinajstić information content (AvgIpc) is 2.71. The quantitative estimate of drug-likeness (QED) is 0.587. The third kappa shape index (κ3) is 3.17. The van der Waals surface area contributed by atoms with Crippen LogP contribution in [0.4, 0.5) is 0 Å². The number of carbonyl (C=O) groups excluding carboxylic acids is 1. The fourth-order valence-electron chi connectivity index (χ4n) is 2.02. The Morgan fingerprint density at radius 3 is 2.59 bits per heavy atom. The highest BCUT2D eigenvalue weighted by atomic mass is 16.5. The minimum Gasteiger partial charge on any atom is -0.463 e. The summed E-state index contributed by atoms with van der Waals surface area (Å²) in [6, 6.07) is 8.45. The fourth-order valence-corrected chi connectivity index (χ4v) is 2.02. The first-order valence-corrected chi connectivity index (χ1v) is 5.92. The Morgan fingerprint density at radius 1 is 1.35 bits per heavy atom. The molecular formula is C14H17NO2. The van der Waals surface area contributed by atoms with Crippen molar-refractivity contribution in [3.05, 3.63) is 47.5 Å².